The number of carbonyl (C=O) groups excluding carboxylic acids is 2. The maximum Gasteiger partial charge on any atom is 0.352 e. The molecule has 0 spiro atoms. The maximum atomic E-state index is 13.4. The molecule has 0 saturated carbocycles. The Bertz CT molecular complexity index is 2300. The van der Waals surface area contributed by atoms with Crippen LogP contribution in [0.1, 0.15) is 21.7 Å². The first kappa shape index (κ1) is 35.4. The molecule has 19 nitrogen and oxygen atoms in total. The summed E-state index contributed by atoms with van der Waals surface area (Å²) in [7, 11) is -4.23. The zero-order valence-electron chi connectivity index (χ0n) is 25.8. The molecule has 6 rings (SSSR count). The number of thioether (sulfide) groups is 2. The van der Waals surface area contributed by atoms with Crippen molar-refractivity contribution in [2.75, 3.05) is 23.2 Å². The minimum Gasteiger partial charge on any atom is -0.504 e. The molecule has 4 aromatic rings. The molecule has 3 aromatic heterocycles. The first-order valence-electron chi connectivity index (χ1n) is 14.2. The SMILES string of the molecule is Cc1cc(SCC2=C(C(=O)O)N3C(=O)[C@@H](NC(=O)/C(=N\OCS(=O)(=O)c4ccc(O)c(O)c4)c4csc(N)n4)[C@H]3SC2)nc2c(C(=O)O)cnn12. The molecule has 5 heterocycles. The van der Waals surface area contributed by atoms with Gasteiger partial charge in [0.15, 0.2) is 28.0 Å². The lowest BCUT2D eigenvalue weighted by molar-refractivity contribution is -0.150. The predicted molar refractivity (Wildman–Crippen MR) is 181 cm³/mol. The number of hydrogen-bond donors (Lipinski definition) is 6. The molecule has 2 amide bonds. The summed E-state index contributed by atoms with van der Waals surface area (Å²) in [5, 5.41) is 49.9. The number of hydrogen-bond acceptors (Lipinski definition) is 17. The fourth-order valence-electron chi connectivity index (χ4n) is 5.00. The molecule has 23 heteroatoms. The van der Waals surface area contributed by atoms with Crippen molar-refractivity contribution in [2.24, 2.45) is 5.16 Å². The van der Waals surface area contributed by atoms with Gasteiger partial charge in [-0.1, -0.05) is 5.16 Å². The summed E-state index contributed by atoms with van der Waals surface area (Å²) < 4.78 is 26.8. The Morgan fingerprint density at radius 1 is 1.16 bits per heavy atom. The van der Waals surface area contributed by atoms with E-state index in [-0.39, 0.29) is 39.2 Å². The fraction of sp³-hybridized carbons (Fsp3) is 0.214. The Morgan fingerprint density at radius 3 is 2.59 bits per heavy atom. The number of phenolic OH excluding ortho intramolecular Hbond substituents is 2. The van der Waals surface area contributed by atoms with E-state index in [0.717, 1.165) is 46.2 Å². The molecule has 0 aliphatic carbocycles. The van der Waals surface area contributed by atoms with Gasteiger partial charge in [-0.2, -0.15) is 5.10 Å². The van der Waals surface area contributed by atoms with Crippen molar-refractivity contribution in [2.45, 2.75) is 28.3 Å². The van der Waals surface area contributed by atoms with Crippen LogP contribution in [0.5, 0.6) is 11.5 Å². The number of fused-ring (bicyclic) bond motifs is 2. The zero-order chi connectivity index (χ0) is 36.8. The van der Waals surface area contributed by atoms with Crippen molar-refractivity contribution in [3.05, 3.63) is 64.1 Å². The highest BCUT2D eigenvalue weighted by Gasteiger charge is 2.54. The third kappa shape index (κ3) is 6.87. The van der Waals surface area contributed by atoms with Gasteiger partial charge in [0.05, 0.1) is 11.1 Å². The molecule has 0 bridgehead atoms. The normalized spacial score (nSPS) is 17.6. The number of carbonyl (C=O) groups is 4. The second-order valence-corrected chi connectivity index (χ2v) is 15.7. The number of aromatic carboxylic acids is 1. The highest BCUT2D eigenvalue weighted by atomic mass is 32.2. The monoisotopic (exact) mass is 776 g/mol. The number of anilines is 1. The molecule has 2 aliphatic rings. The number of benzene rings is 1. The average Bonchev–Trinajstić information content (AvgIpc) is 3.71. The number of β-lactam (4-membered cyclic amide) rings is 1. The number of nitrogens with one attached hydrogen (secondary N) is 1. The molecule has 1 aromatic carbocycles. The number of nitrogen functional groups attached to an aromatic ring is 1. The number of oxime groups is 1. The number of aromatic nitrogens is 4. The van der Waals surface area contributed by atoms with E-state index in [4.69, 9.17) is 10.6 Å². The number of nitrogens with zero attached hydrogens (tertiary/aromatic N) is 6. The molecule has 0 unspecified atom stereocenters. The van der Waals surface area contributed by atoms with Gasteiger partial charge in [0.2, 0.25) is 15.8 Å². The first-order valence-corrected chi connectivity index (χ1v) is 18.8. The number of carboxylic acids is 2. The van der Waals surface area contributed by atoms with Gasteiger partial charge in [-0.15, -0.1) is 34.9 Å². The number of aromatic hydroxyl groups is 2. The third-order valence-corrected chi connectivity index (χ3v) is 11.8. The van der Waals surface area contributed by atoms with Crippen LogP contribution < -0.4 is 11.1 Å². The van der Waals surface area contributed by atoms with E-state index in [9.17, 15) is 48.0 Å². The number of aryl methyl sites for hydroxylation is 1. The van der Waals surface area contributed by atoms with E-state index >= 15 is 0 Å². The Balaban J connectivity index is 1.17. The van der Waals surface area contributed by atoms with Gasteiger partial charge in [-0.3, -0.25) is 14.5 Å². The minimum absolute atomic E-state index is 0.0471. The zero-order valence-corrected chi connectivity index (χ0v) is 29.0. The van der Waals surface area contributed by atoms with Gasteiger partial charge in [0, 0.05) is 28.6 Å². The van der Waals surface area contributed by atoms with Crippen molar-refractivity contribution in [1.82, 2.24) is 29.8 Å². The average molecular weight is 777 g/mol. The van der Waals surface area contributed by atoms with E-state index in [2.05, 4.69) is 25.5 Å². The number of phenols is 2. The van der Waals surface area contributed by atoms with Crippen LogP contribution in [-0.4, -0.2) is 112 Å². The summed E-state index contributed by atoms with van der Waals surface area (Å²) >= 11 is 3.30. The van der Waals surface area contributed by atoms with Crippen LogP contribution in [0.15, 0.2) is 62.2 Å². The van der Waals surface area contributed by atoms with Crippen LogP contribution in [0.3, 0.4) is 0 Å². The highest BCUT2D eigenvalue weighted by Crippen LogP contribution is 2.41. The van der Waals surface area contributed by atoms with E-state index in [1.165, 1.54) is 27.9 Å². The summed E-state index contributed by atoms with van der Waals surface area (Å²) in [6.07, 6.45) is 1.19. The molecular weight excluding hydrogens is 753 g/mol. The number of nitrogens with two attached hydrogens (primary N) is 1. The molecular formula is C28H24N8O11S4. The van der Waals surface area contributed by atoms with Crippen LogP contribution in [0.4, 0.5) is 5.13 Å². The Kier molecular flexibility index (Phi) is 9.54. The van der Waals surface area contributed by atoms with Crippen molar-refractivity contribution >= 4 is 84.9 Å². The lowest BCUT2D eigenvalue weighted by atomic mass is 10.0. The van der Waals surface area contributed by atoms with Crippen LogP contribution in [0, 0.1) is 6.92 Å². The lowest BCUT2D eigenvalue weighted by Gasteiger charge is -2.49. The molecule has 1 saturated heterocycles. The van der Waals surface area contributed by atoms with Gasteiger partial charge in [-0.05, 0) is 30.7 Å². The molecule has 1 fully saturated rings. The Hall–Kier alpha value is -5.39. The Morgan fingerprint density at radius 2 is 1.92 bits per heavy atom. The van der Waals surface area contributed by atoms with E-state index in [1.807, 2.05) is 0 Å². The quantitative estimate of drug-likeness (QED) is 0.0290. The molecule has 7 N–H and O–H groups in total. The smallest absolute Gasteiger partial charge is 0.352 e. The summed E-state index contributed by atoms with van der Waals surface area (Å²) in [5.74, 6) is -6.31. The van der Waals surface area contributed by atoms with Crippen LogP contribution >= 0.6 is 34.9 Å². The number of thiazole rings is 1. The number of rotatable bonds is 12. The topological polar surface area (TPSA) is 289 Å². The maximum absolute atomic E-state index is 13.4. The van der Waals surface area contributed by atoms with Crippen molar-refractivity contribution in [1.29, 1.82) is 0 Å². The summed E-state index contributed by atoms with van der Waals surface area (Å²) in [4.78, 5) is 64.8. The standard InChI is InChI=1S/C28H24N8O11S4/c1-11-4-18(32-22-14(26(41)42)6-30-36(11)22)48-7-12-8-49-25-20(24(40)35(25)21(12)27(43)44)33-23(39)19(15-9-50-28(29)31-15)34-47-10-51(45,46)13-2-3-16(37)17(38)5-13/h2-6,9,20,25,37-38H,7-8,10H2,1H3,(H2,29,31)(H,33,39)(H,41,42)(H,43,44)/b34-19-/t20-,25-/m1/s1. The minimum atomic E-state index is -4.23. The molecule has 51 heavy (non-hydrogen) atoms. The van der Waals surface area contributed by atoms with Crippen LogP contribution in [-0.2, 0) is 29.1 Å². The first-order chi connectivity index (χ1) is 24.2. The van der Waals surface area contributed by atoms with Gasteiger partial charge in [0.25, 0.3) is 11.8 Å². The van der Waals surface area contributed by atoms with Gasteiger partial charge in [0.1, 0.15) is 33.4 Å². The predicted octanol–water partition coefficient (Wildman–Crippen LogP) is 0.869. The van der Waals surface area contributed by atoms with E-state index < -0.39 is 73.1 Å². The summed E-state index contributed by atoms with van der Waals surface area (Å²) in [6.45, 7) is 1.71. The third-order valence-electron chi connectivity index (χ3n) is 7.44. The highest BCUT2D eigenvalue weighted by molar-refractivity contribution is 8.01. The summed E-state index contributed by atoms with van der Waals surface area (Å²) in [6, 6.07) is 3.28. The second kappa shape index (κ2) is 13.7. The number of aliphatic carboxylic acids is 1. The van der Waals surface area contributed by atoms with Crippen LogP contribution in [0.2, 0.25) is 0 Å². The number of amides is 2. The van der Waals surface area contributed by atoms with Crippen LogP contribution in [0.25, 0.3) is 5.65 Å². The molecule has 2 atom stereocenters. The molecule has 2 aliphatic heterocycles. The largest absolute Gasteiger partial charge is 0.504 e. The van der Waals surface area contributed by atoms with Crippen molar-refractivity contribution < 1.29 is 52.9 Å². The van der Waals surface area contributed by atoms with Crippen molar-refractivity contribution in [3.8, 4) is 11.5 Å². The van der Waals surface area contributed by atoms with Gasteiger partial charge >= 0.3 is 11.9 Å². The molecule has 266 valence electrons. The van der Waals surface area contributed by atoms with E-state index in [0.29, 0.717) is 16.3 Å². The van der Waals surface area contributed by atoms with Gasteiger partial charge < -0.3 is 36.3 Å². The number of sulfone groups is 1. The summed E-state index contributed by atoms with van der Waals surface area (Å²) in [5.41, 5.74) is 5.87. The Labute approximate surface area is 298 Å². The van der Waals surface area contributed by atoms with Gasteiger partial charge in [-0.25, -0.2) is 32.5 Å². The lowest BCUT2D eigenvalue weighted by Crippen LogP contribution is -2.71. The van der Waals surface area contributed by atoms with Crippen molar-refractivity contribution in [3.63, 3.8) is 0 Å². The number of carboxylic acid groups (broad SMARTS) is 2. The fourth-order valence-corrected chi connectivity index (χ4v) is 8.88. The molecule has 0 radical (unpaired) electrons. The van der Waals surface area contributed by atoms with E-state index in [1.54, 1.807) is 13.0 Å². The second-order valence-electron chi connectivity index (χ2n) is 10.8.